The molecule has 0 spiro atoms. The van der Waals surface area contributed by atoms with Crippen molar-refractivity contribution in [1.29, 1.82) is 0 Å². The van der Waals surface area contributed by atoms with Crippen LogP contribution in [0.25, 0.3) is 0 Å². The van der Waals surface area contributed by atoms with Crippen LogP contribution in [0.1, 0.15) is 43.4 Å². The Morgan fingerprint density at radius 3 is 2.89 bits per heavy atom. The van der Waals surface area contributed by atoms with E-state index in [1.54, 1.807) is 14.2 Å². The summed E-state index contributed by atoms with van der Waals surface area (Å²) < 4.78 is 10.6. The van der Waals surface area contributed by atoms with Crippen molar-refractivity contribution in [3.63, 3.8) is 0 Å². The number of benzene rings is 1. The Kier molecular flexibility index (Phi) is 5.23. The number of rotatable bonds is 6. The van der Waals surface area contributed by atoms with E-state index in [1.807, 2.05) is 0 Å². The van der Waals surface area contributed by atoms with Crippen molar-refractivity contribution in [3.05, 3.63) is 29.3 Å². The molecule has 0 bridgehead atoms. The van der Waals surface area contributed by atoms with Crippen molar-refractivity contribution in [2.24, 2.45) is 0 Å². The van der Waals surface area contributed by atoms with E-state index < -0.39 is 0 Å². The van der Waals surface area contributed by atoms with Gasteiger partial charge in [-0.2, -0.15) is 0 Å². The van der Waals surface area contributed by atoms with Crippen molar-refractivity contribution in [1.82, 2.24) is 5.32 Å². The zero-order valence-corrected chi connectivity index (χ0v) is 12.2. The van der Waals surface area contributed by atoms with Gasteiger partial charge >= 0.3 is 0 Å². The fourth-order valence-electron chi connectivity index (χ4n) is 2.86. The van der Waals surface area contributed by atoms with Crippen molar-refractivity contribution >= 4 is 0 Å². The average molecular weight is 263 g/mol. The molecule has 2 atom stereocenters. The minimum atomic E-state index is 0.433. The van der Waals surface area contributed by atoms with E-state index in [2.05, 4.69) is 30.4 Å². The van der Waals surface area contributed by atoms with E-state index in [-0.39, 0.29) is 0 Å². The first-order valence-corrected chi connectivity index (χ1v) is 7.20. The maximum absolute atomic E-state index is 5.32. The molecule has 3 nitrogen and oxygen atoms in total. The largest absolute Gasteiger partial charge is 0.497 e. The molecule has 3 heteroatoms. The SMILES string of the molecule is CCC(COC)NC1CCCc2cc(OC)ccc21. The van der Waals surface area contributed by atoms with E-state index in [4.69, 9.17) is 9.47 Å². The predicted molar refractivity (Wildman–Crippen MR) is 77.8 cm³/mol. The lowest BCUT2D eigenvalue weighted by molar-refractivity contribution is 0.156. The average Bonchev–Trinajstić information content (AvgIpc) is 2.46. The van der Waals surface area contributed by atoms with Gasteiger partial charge in [-0.3, -0.25) is 0 Å². The van der Waals surface area contributed by atoms with Gasteiger partial charge in [0.2, 0.25) is 0 Å². The summed E-state index contributed by atoms with van der Waals surface area (Å²) in [6.07, 6.45) is 4.70. The Balaban J connectivity index is 2.13. The van der Waals surface area contributed by atoms with Gasteiger partial charge < -0.3 is 14.8 Å². The fraction of sp³-hybridized carbons (Fsp3) is 0.625. The van der Waals surface area contributed by atoms with E-state index >= 15 is 0 Å². The Morgan fingerprint density at radius 2 is 2.21 bits per heavy atom. The quantitative estimate of drug-likeness (QED) is 0.855. The van der Waals surface area contributed by atoms with E-state index in [0.29, 0.717) is 12.1 Å². The number of hydrogen-bond donors (Lipinski definition) is 1. The predicted octanol–water partition coefficient (Wildman–Crippen LogP) is 3.09. The minimum absolute atomic E-state index is 0.433. The number of hydrogen-bond acceptors (Lipinski definition) is 3. The van der Waals surface area contributed by atoms with Crippen LogP contribution < -0.4 is 10.1 Å². The van der Waals surface area contributed by atoms with Gasteiger partial charge in [0.15, 0.2) is 0 Å². The topological polar surface area (TPSA) is 30.5 Å². The van der Waals surface area contributed by atoms with Crippen LogP contribution in [0.4, 0.5) is 0 Å². The lowest BCUT2D eigenvalue weighted by Gasteiger charge is -2.30. The van der Waals surface area contributed by atoms with Crippen LogP contribution in [-0.2, 0) is 11.2 Å². The molecular weight excluding hydrogens is 238 g/mol. The Labute approximate surface area is 116 Å². The molecule has 0 aromatic heterocycles. The maximum atomic E-state index is 5.32. The summed E-state index contributed by atoms with van der Waals surface area (Å²) in [7, 11) is 3.50. The molecule has 1 aliphatic rings. The molecule has 0 aliphatic heterocycles. The monoisotopic (exact) mass is 263 g/mol. The molecule has 19 heavy (non-hydrogen) atoms. The molecular formula is C16H25NO2. The summed E-state index contributed by atoms with van der Waals surface area (Å²) in [6, 6.07) is 7.35. The summed E-state index contributed by atoms with van der Waals surface area (Å²) in [5, 5.41) is 3.73. The number of nitrogens with one attached hydrogen (secondary N) is 1. The van der Waals surface area contributed by atoms with Gasteiger partial charge in [0.25, 0.3) is 0 Å². The Morgan fingerprint density at radius 1 is 1.37 bits per heavy atom. The summed E-state index contributed by atoms with van der Waals surface area (Å²) in [5.74, 6) is 0.961. The highest BCUT2D eigenvalue weighted by atomic mass is 16.5. The summed E-state index contributed by atoms with van der Waals surface area (Å²) in [6.45, 7) is 2.98. The molecule has 0 amide bonds. The van der Waals surface area contributed by atoms with Crippen molar-refractivity contribution in [2.45, 2.75) is 44.7 Å². The molecule has 0 radical (unpaired) electrons. The second-order valence-corrected chi connectivity index (χ2v) is 5.24. The number of aryl methyl sites for hydroxylation is 1. The normalized spacial score (nSPS) is 19.8. The molecule has 1 N–H and O–H groups in total. The van der Waals surface area contributed by atoms with Gasteiger partial charge in [-0.25, -0.2) is 0 Å². The molecule has 1 aliphatic carbocycles. The van der Waals surface area contributed by atoms with E-state index in [1.165, 1.54) is 24.0 Å². The standard InChI is InChI=1S/C16H25NO2/c1-4-13(11-18-2)17-16-7-5-6-12-10-14(19-3)8-9-15(12)16/h8-10,13,16-17H,4-7,11H2,1-3H3. The van der Waals surface area contributed by atoms with E-state index in [9.17, 15) is 0 Å². The first kappa shape index (κ1) is 14.4. The third-order valence-electron chi connectivity index (χ3n) is 3.96. The van der Waals surface area contributed by atoms with Gasteiger partial charge in [0.1, 0.15) is 5.75 Å². The first-order chi connectivity index (χ1) is 9.28. The summed E-state index contributed by atoms with van der Waals surface area (Å²) in [5.41, 5.74) is 2.86. The van der Waals surface area contributed by atoms with Crippen molar-refractivity contribution in [3.8, 4) is 5.75 Å². The summed E-state index contributed by atoms with van der Waals surface area (Å²) in [4.78, 5) is 0. The van der Waals surface area contributed by atoms with Gasteiger partial charge in [-0.15, -0.1) is 0 Å². The second kappa shape index (κ2) is 6.92. The van der Waals surface area contributed by atoms with Crippen LogP contribution in [0.5, 0.6) is 5.75 Å². The van der Waals surface area contributed by atoms with Crippen molar-refractivity contribution in [2.75, 3.05) is 20.8 Å². The zero-order chi connectivity index (χ0) is 13.7. The zero-order valence-electron chi connectivity index (χ0n) is 12.2. The Hall–Kier alpha value is -1.06. The second-order valence-electron chi connectivity index (χ2n) is 5.24. The lowest BCUT2D eigenvalue weighted by atomic mass is 9.87. The molecule has 0 saturated carbocycles. The third-order valence-corrected chi connectivity index (χ3v) is 3.96. The number of methoxy groups -OCH3 is 2. The maximum Gasteiger partial charge on any atom is 0.119 e. The smallest absolute Gasteiger partial charge is 0.119 e. The number of fused-ring (bicyclic) bond motifs is 1. The van der Waals surface area contributed by atoms with Crippen LogP contribution in [0, 0.1) is 0 Å². The van der Waals surface area contributed by atoms with Gasteiger partial charge in [0.05, 0.1) is 13.7 Å². The van der Waals surface area contributed by atoms with Crippen LogP contribution in [-0.4, -0.2) is 26.9 Å². The molecule has 1 aromatic carbocycles. The van der Waals surface area contributed by atoms with E-state index in [0.717, 1.165) is 25.2 Å². The van der Waals surface area contributed by atoms with Gasteiger partial charge in [-0.05, 0) is 48.9 Å². The third kappa shape index (κ3) is 3.48. The van der Waals surface area contributed by atoms with Crippen LogP contribution in [0.2, 0.25) is 0 Å². The molecule has 0 saturated heterocycles. The first-order valence-electron chi connectivity index (χ1n) is 7.20. The minimum Gasteiger partial charge on any atom is -0.497 e. The van der Waals surface area contributed by atoms with Gasteiger partial charge in [0, 0.05) is 19.2 Å². The molecule has 106 valence electrons. The van der Waals surface area contributed by atoms with Crippen LogP contribution >= 0.6 is 0 Å². The van der Waals surface area contributed by atoms with Gasteiger partial charge in [-0.1, -0.05) is 13.0 Å². The molecule has 0 fully saturated rings. The molecule has 2 rings (SSSR count). The molecule has 1 aromatic rings. The molecule has 2 unspecified atom stereocenters. The number of ether oxygens (including phenoxy) is 2. The highest BCUT2D eigenvalue weighted by Crippen LogP contribution is 2.32. The highest BCUT2D eigenvalue weighted by Gasteiger charge is 2.22. The fourth-order valence-corrected chi connectivity index (χ4v) is 2.86. The highest BCUT2D eigenvalue weighted by molar-refractivity contribution is 5.39. The van der Waals surface area contributed by atoms with Crippen LogP contribution in [0.15, 0.2) is 18.2 Å². The summed E-state index contributed by atoms with van der Waals surface area (Å²) >= 11 is 0. The lowest BCUT2D eigenvalue weighted by Crippen LogP contribution is -2.37. The Bertz CT molecular complexity index is 406. The van der Waals surface area contributed by atoms with Crippen LogP contribution in [0.3, 0.4) is 0 Å². The molecule has 0 heterocycles. The van der Waals surface area contributed by atoms with Crippen molar-refractivity contribution < 1.29 is 9.47 Å².